The first-order valence-electron chi connectivity index (χ1n) is 7.64. The molecule has 1 atom stereocenters. The van der Waals surface area contributed by atoms with E-state index in [9.17, 15) is 22.8 Å². The van der Waals surface area contributed by atoms with Crippen LogP contribution in [0.4, 0.5) is 13.2 Å². The van der Waals surface area contributed by atoms with Crippen LogP contribution < -0.4 is 5.32 Å². The molecule has 0 bridgehead atoms. The van der Waals surface area contributed by atoms with E-state index in [4.69, 9.17) is 11.6 Å². The summed E-state index contributed by atoms with van der Waals surface area (Å²) in [6.07, 6.45) is -3.40. The van der Waals surface area contributed by atoms with Crippen molar-refractivity contribution in [2.45, 2.75) is 12.2 Å². The molecule has 6 nitrogen and oxygen atoms in total. The van der Waals surface area contributed by atoms with E-state index in [1.165, 1.54) is 36.1 Å². The number of nitrogens with one attached hydrogen (secondary N) is 1. The lowest BCUT2D eigenvalue weighted by atomic mass is 9.96. The van der Waals surface area contributed by atoms with Crippen LogP contribution in [0.25, 0.3) is 0 Å². The van der Waals surface area contributed by atoms with E-state index in [0.717, 1.165) is 11.0 Å². The van der Waals surface area contributed by atoms with Gasteiger partial charge in [0.2, 0.25) is 5.91 Å². The lowest BCUT2D eigenvalue weighted by Gasteiger charge is -2.36. The molecule has 1 aromatic carbocycles. The number of amides is 2. The number of aromatic nitrogens is 2. The van der Waals surface area contributed by atoms with Crippen LogP contribution in [0, 0.1) is 0 Å². The highest BCUT2D eigenvalue weighted by Gasteiger charge is 2.42. The molecular weight excluding hydrogens is 373 g/mol. The number of carbonyl (C=O) groups excluding carboxylic acids is 2. The first kappa shape index (κ1) is 18.2. The van der Waals surface area contributed by atoms with E-state index >= 15 is 0 Å². The normalized spacial score (nSPS) is 18.0. The van der Waals surface area contributed by atoms with E-state index in [-0.39, 0.29) is 29.4 Å². The van der Waals surface area contributed by atoms with E-state index < -0.39 is 29.6 Å². The molecule has 3 rings (SSSR count). The Morgan fingerprint density at radius 1 is 1.35 bits per heavy atom. The minimum atomic E-state index is -4.66. The molecule has 26 heavy (non-hydrogen) atoms. The van der Waals surface area contributed by atoms with Crippen molar-refractivity contribution < 1.29 is 22.8 Å². The third-order valence-corrected chi connectivity index (χ3v) is 4.41. The molecule has 1 fully saturated rings. The Hall–Kier alpha value is -2.55. The summed E-state index contributed by atoms with van der Waals surface area (Å²) < 4.78 is 41.4. The summed E-state index contributed by atoms with van der Waals surface area (Å²) in [5.41, 5.74) is -1.24. The molecule has 10 heteroatoms. The number of rotatable bonds is 2. The maximum absolute atomic E-state index is 13.4. The van der Waals surface area contributed by atoms with Crippen molar-refractivity contribution in [1.29, 1.82) is 0 Å². The highest BCUT2D eigenvalue weighted by Crippen LogP contribution is 2.37. The zero-order chi connectivity index (χ0) is 19.1. The maximum atomic E-state index is 13.4. The SMILES string of the molecule is Cn1ncc(Cl)c1C(=O)N1CCNC(=O)C1c1ccccc1C(F)(F)F. The molecule has 1 unspecified atom stereocenters. The molecule has 1 N–H and O–H groups in total. The molecule has 1 saturated heterocycles. The summed E-state index contributed by atoms with van der Waals surface area (Å²) in [6, 6.07) is 3.30. The summed E-state index contributed by atoms with van der Waals surface area (Å²) >= 11 is 5.98. The topological polar surface area (TPSA) is 67.2 Å². The van der Waals surface area contributed by atoms with Gasteiger partial charge in [-0.2, -0.15) is 18.3 Å². The molecule has 2 amide bonds. The Bertz CT molecular complexity index is 846. The van der Waals surface area contributed by atoms with Crippen LogP contribution in [0.2, 0.25) is 5.02 Å². The van der Waals surface area contributed by atoms with Gasteiger partial charge in [0, 0.05) is 20.1 Å². The molecule has 138 valence electrons. The third-order valence-electron chi connectivity index (χ3n) is 4.13. The Labute approximate surface area is 151 Å². The average Bonchev–Trinajstić information content (AvgIpc) is 2.92. The van der Waals surface area contributed by atoms with Gasteiger partial charge < -0.3 is 10.2 Å². The van der Waals surface area contributed by atoms with Gasteiger partial charge in [-0.05, 0) is 11.6 Å². The van der Waals surface area contributed by atoms with E-state index in [2.05, 4.69) is 10.4 Å². The Balaban J connectivity index is 2.09. The number of nitrogens with zero attached hydrogens (tertiary/aromatic N) is 3. The largest absolute Gasteiger partial charge is 0.416 e. The van der Waals surface area contributed by atoms with Crippen LogP contribution in [0.3, 0.4) is 0 Å². The molecule has 0 saturated carbocycles. The molecule has 0 spiro atoms. The molecule has 2 aromatic rings. The predicted molar refractivity (Wildman–Crippen MR) is 86.4 cm³/mol. The van der Waals surface area contributed by atoms with Crippen molar-refractivity contribution in [3.8, 4) is 0 Å². The van der Waals surface area contributed by atoms with Crippen LogP contribution in [0.1, 0.15) is 27.7 Å². The van der Waals surface area contributed by atoms with E-state index in [1.807, 2.05) is 0 Å². The van der Waals surface area contributed by atoms with Crippen molar-refractivity contribution in [2.75, 3.05) is 13.1 Å². The van der Waals surface area contributed by atoms with Crippen LogP contribution in [-0.4, -0.2) is 39.6 Å². The number of piperazine rings is 1. The summed E-state index contributed by atoms with van der Waals surface area (Å²) in [5.74, 6) is -1.34. The van der Waals surface area contributed by atoms with Gasteiger partial charge in [-0.25, -0.2) is 0 Å². The second-order valence-electron chi connectivity index (χ2n) is 5.74. The second-order valence-corrected chi connectivity index (χ2v) is 6.15. The van der Waals surface area contributed by atoms with Crippen LogP contribution >= 0.6 is 11.6 Å². The fourth-order valence-corrected chi connectivity index (χ4v) is 3.22. The summed E-state index contributed by atoms with van der Waals surface area (Å²) in [4.78, 5) is 26.4. The lowest BCUT2D eigenvalue weighted by molar-refractivity contribution is -0.139. The second kappa shape index (κ2) is 6.64. The number of hydrogen-bond donors (Lipinski definition) is 1. The van der Waals surface area contributed by atoms with Gasteiger partial charge in [0.1, 0.15) is 11.7 Å². The van der Waals surface area contributed by atoms with Crippen LogP contribution in [0.15, 0.2) is 30.5 Å². The van der Waals surface area contributed by atoms with Gasteiger partial charge in [0.25, 0.3) is 5.91 Å². The molecule has 1 aliphatic rings. The average molecular weight is 387 g/mol. The Kier molecular flexibility index (Phi) is 4.66. The number of carbonyl (C=O) groups is 2. The Morgan fingerprint density at radius 3 is 2.65 bits per heavy atom. The first-order valence-corrected chi connectivity index (χ1v) is 8.02. The number of aryl methyl sites for hydroxylation is 1. The number of halogens is 4. The summed E-state index contributed by atoms with van der Waals surface area (Å²) in [6.45, 7) is 0.174. The van der Waals surface area contributed by atoms with Crippen molar-refractivity contribution in [1.82, 2.24) is 20.0 Å². The smallest absolute Gasteiger partial charge is 0.352 e. The standard InChI is InChI=1S/C16H14ClF3N4O2/c1-23-13(11(17)8-22-23)15(26)24-7-6-21-14(25)12(24)9-4-2-3-5-10(9)16(18,19)20/h2-5,8,12H,6-7H2,1H3,(H,21,25). The van der Waals surface area contributed by atoms with Crippen LogP contribution in [-0.2, 0) is 18.0 Å². The molecule has 0 radical (unpaired) electrons. The first-order chi connectivity index (χ1) is 12.2. The quantitative estimate of drug-likeness (QED) is 0.862. The molecular formula is C16H14ClF3N4O2. The molecule has 0 aliphatic carbocycles. The number of hydrogen-bond acceptors (Lipinski definition) is 3. The number of alkyl halides is 3. The summed E-state index contributed by atoms with van der Waals surface area (Å²) in [5, 5.41) is 6.44. The summed E-state index contributed by atoms with van der Waals surface area (Å²) in [7, 11) is 1.49. The van der Waals surface area contributed by atoms with Gasteiger partial charge >= 0.3 is 6.18 Å². The van der Waals surface area contributed by atoms with Crippen LogP contribution in [0.5, 0.6) is 0 Å². The molecule has 1 aliphatic heterocycles. The van der Waals surface area contributed by atoms with Gasteiger partial charge in [-0.15, -0.1) is 0 Å². The minimum absolute atomic E-state index is 0.0101. The van der Waals surface area contributed by atoms with Gasteiger partial charge in [-0.1, -0.05) is 29.8 Å². The zero-order valence-corrected chi connectivity index (χ0v) is 14.3. The fourth-order valence-electron chi connectivity index (χ4n) is 2.98. The zero-order valence-electron chi connectivity index (χ0n) is 13.5. The maximum Gasteiger partial charge on any atom is 0.416 e. The van der Waals surface area contributed by atoms with E-state index in [0.29, 0.717) is 0 Å². The highest BCUT2D eigenvalue weighted by molar-refractivity contribution is 6.33. The van der Waals surface area contributed by atoms with Gasteiger partial charge in [0.05, 0.1) is 16.8 Å². The van der Waals surface area contributed by atoms with Crippen molar-refractivity contribution in [3.05, 3.63) is 52.3 Å². The molecule has 2 heterocycles. The third kappa shape index (κ3) is 3.14. The van der Waals surface area contributed by atoms with Crippen molar-refractivity contribution in [2.24, 2.45) is 7.05 Å². The lowest BCUT2D eigenvalue weighted by Crippen LogP contribution is -2.52. The monoisotopic (exact) mass is 386 g/mol. The number of benzene rings is 1. The highest BCUT2D eigenvalue weighted by atomic mass is 35.5. The van der Waals surface area contributed by atoms with E-state index in [1.54, 1.807) is 0 Å². The van der Waals surface area contributed by atoms with Gasteiger partial charge in [0.15, 0.2) is 0 Å². The van der Waals surface area contributed by atoms with Gasteiger partial charge in [-0.3, -0.25) is 14.3 Å². The molecule has 1 aromatic heterocycles. The van der Waals surface area contributed by atoms with Crippen molar-refractivity contribution >= 4 is 23.4 Å². The minimum Gasteiger partial charge on any atom is -0.352 e. The fraction of sp³-hybridized carbons (Fsp3) is 0.312. The predicted octanol–water partition coefficient (Wildman–Crippen LogP) is 2.41. The Morgan fingerprint density at radius 2 is 2.04 bits per heavy atom. The van der Waals surface area contributed by atoms with Crippen molar-refractivity contribution in [3.63, 3.8) is 0 Å².